The average Bonchev–Trinajstić information content (AvgIpc) is 2.52. The van der Waals surface area contributed by atoms with Crippen molar-refractivity contribution in [2.24, 2.45) is 0 Å². The Hall–Kier alpha value is -1.51. The zero-order valence-corrected chi connectivity index (χ0v) is 13.2. The van der Waals surface area contributed by atoms with Gasteiger partial charge in [0.15, 0.2) is 0 Å². The molecule has 0 bridgehead atoms. The first-order valence-electron chi connectivity index (χ1n) is 7.37. The number of hydrogen-bond acceptors (Lipinski definition) is 2. The highest BCUT2D eigenvalue weighted by molar-refractivity contribution is 6.31. The Kier molecular flexibility index (Phi) is 6.58. The lowest BCUT2D eigenvalue weighted by Gasteiger charge is -2.11. The highest BCUT2D eigenvalue weighted by Gasteiger charge is 2.06. The fraction of sp³-hybridized carbons (Fsp3) is 0.333. The summed E-state index contributed by atoms with van der Waals surface area (Å²) in [6.45, 7) is 1.73. The van der Waals surface area contributed by atoms with Crippen LogP contribution in [-0.4, -0.2) is 13.7 Å². The summed E-state index contributed by atoms with van der Waals surface area (Å²) in [6, 6.07) is 16.4. The minimum atomic E-state index is 0.744. The number of nitrogens with one attached hydrogen (secondary N) is 1. The number of aryl methyl sites for hydroxylation is 1. The molecule has 0 aromatic heterocycles. The van der Waals surface area contributed by atoms with Gasteiger partial charge < -0.3 is 10.1 Å². The number of unbranched alkanes of at least 4 members (excludes halogenated alkanes) is 1. The standard InChI is InChI=1S/C18H22ClNO/c1-21-18-12-7-11-17(19)16(18)14-20-13-6-5-10-15-8-3-2-4-9-15/h2-4,7-9,11-12,20H,5-6,10,13-14H2,1H3. The summed E-state index contributed by atoms with van der Waals surface area (Å²) in [7, 11) is 1.68. The van der Waals surface area contributed by atoms with Crippen molar-refractivity contribution in [1.82, 2.24) is 5.32 Å². The van der Waals surface area contributed by atoms with Crippen LogP contribution in [0.3, 0.4) is 0 Å². The van der Waals surface area contributed by atoms with Gasteiger partial charge in [-0.15, -0.1) is 0 Å². The molecule has 0 spiro atoms. The molecule has 112 valence electrons. The highest BCUT2D eigenvalue weighted by atomic mass is 35.5. The van der Waals surface area contributed by atoms with Gasteiger partial charge >= 0.3 is 0 Å². The lowest BCUT2D eigenvalue weighted by Crippen LogP contribution is -2.15. The molecule has 2 aromatic carbocycles. The highest BCUT2D eigenvalue weighted by Crippen LogP contribution is 2.25. The summed E-state index contributed by atoms with van der Waals surface area (Å²) in [4.78, 5) is 0. The van der Waals surface area contributed by atoms with Crippen molar-refractivity contribution < 1.29 is 4.74 Å². The summed E-state index contributed by atoms with van der Waals surface area (Å²) in [6.07, 6.45) is 3.48. The maximum atomic E-state index is 6.21. The van der Waals surface area contributed by atoms with E-state index in [1.165, 1.54) is 12.0 Å². The van der Waals surface area contributed by atoms with E-state index in [2.05, 4.69) is 35.6 Å². The molecule has 0 saturated heterocycles. The summed E-state index contributed by atoms with van der Waals surface area (Å²) < 4.78 is 5.34. The summed E-state index contributed by atoms with van der Waals surface area (Å²) in [5.74, 6) is 0.847. The molecular weight excluding hydrogens is 282 g/mol. The van der Waals surface area contributed by atoms with E-state index in [9.17, 15) is 0 Å². The van der Waals surface area contributed by atoms with Gasteiger partial charge in [0.05, 0.1) is 7.11 Å². The van der Waals surface area contributed by atoms with Gasteiger partial charge in [0.1, 0.15) is 5.75 Å². The Morgan fingerprint density at radius 2 is 1.81 bits per heavy atom. The molecule has 0 radical (unpaired) electrons. The molecule has 0 heterocycles. The van der Waals surface area contributed by atoms with Gasteiger partial charge in [-0.1, -0.05) is 48.0 Å². The zero-order chi connectivity index (χ0) is 14.9. The lowest BCUT2D eigenvalue weighted by atomic mass is 10.1. The fourth-order valence-electron chi connectivity index (χ4n) is 2.34. The van der Waals surface area contributed by atoms with Crippen LogP contribution in [-0.2, 0) is 13.0 Å². The van der Waals surface area contributed by atoms with Crippen LogP contribution in [0.15, 0.2) is 48.5 Å². The van der Waals surface area contributed by atoms with E-state index >= 15 is 0 Å². The predicted octanol–water partition coefficient (Wildman–Crippen LogP) is 4.46. The van der Waals surface area contributed by atoms with Crippen molar-refractivity contribution in [1.29, 1.82) is 0 Å². The normalized spacial score (nSPS) is 10.6. The van der Waals surface area contributed by atoms with Crippen molar-refractivity contribution in [2.75, 3.05) is 13.7 Å². The minimum absolute atomic E-state index is 0.744. The molecule has 0 unspecified atom stereocenters. The van der Waals surface area contributed by atoms with Gasteiger partial charge in [-0.2, -0.15) is 0 Å². The maximum absolute atomic E-state index is 6.21. The van der Waals surface area contributed by atoms with Crippen LogP contribution in [0.4, 0.5) is 0 Å². The molecule has 0 fully saturated rings. The smallest absolute Gasteiger partial charge is 0.124 e. The molecule has 0 aliphatic carbocycles. The first kappa shape index (κ1) is 15.9. The van der Waals surface area contributed by atoms with Crippen LogP contribution >= 0.6 is 11.6 Å². The monoisotopic (exact) mass is 303 g/mol. The number of halogens is 1. The lowest BCUT2D eigenvalue weighted by molar-refractivity contribution is 0.407. The van der Waals surface area contributed by atoms with E-state index in [1.807, 2.05) is 18.2 Å². The predicted molar refractivity (Wildman–Crippen MR) is 89.1 cm³/mol. The van der Waals surface area contributed by atoms with Crippen molar-refractivity contribution in [3.05, 3.63) is 64.7 Å². The van der Waals surface area contributed by atoms with E-state index in [1.54, 1.807) is 7.11 Å². The van der Waals surface area contributed by atoms with E-state index in [0.29, 0.717) is 0 Å². The molecule has 0 aliphatic rings. The summed E-state index contributed by atoms with van der Waals surface area (Å²) >= 11 is 6.21. The molecule has 0 atom stereocenters. The molecule has 0 aliphatic heterocycles. The third kappa shape index (κ3) is 5.07. The third-order valence-corrected chi connectivity index (χ3v) is 3.86. The van der Waals surface area contributed by atoms with Gasteiger partial charge in [0.25, 0.3) is 0 Å². The van der Waals surface area contributed by atoms with Gasteiger partial charge in [0.2, 0.25) is 0 Å². The average molecular weight is 304 g/mol. The quantitative estimate of drug-likeness (QED) is 0.727. The second kappa shape index (κ2) is 8.71. The number of hydrogen-bond donors (Lipinski definition) is 1. The number of ether oxygens (including phenoxy) is 1. The number of rotatable bonds is 8. The van der Waals surface area contributed by atoms with Gasteiger partial charge in [0, 0.05) is 17.1 Å². The SMILES string of the molecule is COc1cccc(Cl)c1CNCCCCc1ccccc1. The Labute approximate surface area is 132 Å². The molecule has 3 heteroatoms. The van der Waals surface area contributed by atoms with Gasteiger partial charge in [-0.25, -0.2) is 0 Å². The van der Waals surface area contributed by atoms with Crippen LogP contribution < -0.4 is 10.1 Å². The molecule has 2 rings (SSSR count). The van der Waals surface area contributed by atoms with Crippen molar-refractivity contribution >= 4 is 11.6 Å². The molecule has 0 amide bonds. The molecule has 0 saturated carbocycles. The van der Waals surface area contributed by atoms with Crippen molar-refractivity contribution in [3.63, 3.8) is 0 Å². The largest absolute Gasteiger partial charge is 0.496 e. The summed E-state index contributed by atoms with van der Waals surface area (Å²) in [5, 5.41) is 4.19. The fourth-order valence-corrected chi connectivity index (χ4v) is 2.57. The van der Waals surface area contributed by atoms with Gasteiger partial charge in [-0.3, -0.25) is 0 Å². The molecule has 2 aromatic rings. The number of methoxy groups -OCH3 is 1. The number of benzene rings is 2. The first-order chi connectivity index (χ1) is 10.3. The van der Waals surface area contributed by atoms with Crippen LogP contribution in [0, 0.1) is 0 Å². The maximum Gasteiger partial charge on any atom is 0.124 e. The van der Waals surface area contributed by atoms with E-state index in [4.69, 9.17) is 16.3 Å². The van der Waals surface area contributed by atoms with E-state index in [-0.39, 0.29) is 0 Å². The first-order valence-corrected chi connectivity index (χ1v) is 7.75. The Morgan fingerprint density at radius 1 is 1.00 bits per heavy atom. The van der Waals surface area contributed by atoms with Gasteiger partial charge in [-0.05, 0) is 43.5 Å². The molecule has 2 nitrogen and oxygen atoms in total. The van der Waals surface area contributed by atoms with Crippen molar-refractivity contribution in [3.8, 4) is 5.75 Å². The second-order valence-corrected chi connectivity index (χ2v) is 5.45. The topological polar surface area (TPSA) is 21.3 Å². The van der Waals surface area contributed by atoms with E-state index < -0.39 is 0 Å². The Morgan fingerprint density at radius 3 is 2.57 bits per heavy atom. The Bertz CT molecular complexity index is 542. The van der Waals surface area contributed by atoms with Crippen LogP contribution in [0.2, 0.25) is 5.02 Å². The summed E-state index contributed by atoms with van der Waals surface area (Å²) in [5.41, 5.74) is 2.44. The van der Waals surface area contributed by atoms with Crippen LogP contribution in [0.25, 0.3) is 0 Å². The molecular formula is C18H22ClNO. The molecule has 21 heavy (non-hydrogen) atoms. The van der Waals surface area contributed by atoms with E-state index in [0.717, 1.165) is 42.3 Å². The molecule has 1 N–H and O–H groups in total. The minimum Gasteiger partial charge on any atom is -0.496 e. The van der Waals surface area contributed by atoms with Crippen LogP contribution in [0.1, 0.15) is 24.0 Å². The Balaban J connectivity index is 1.68. The zero-order valence-electron chi connectivity index (χ0n) is 12.4. The second-order valence-electron chi connectivity index (χ2n) is 5.04. The third-order valence-electron chi connectivity index (χ3n) is 3.51. The van der Waals surface area contributed by atoms with Crippen LogP contribution in [0.5, 0.6) is 5.75 Å². The van der Waals surface area contributed by atoms with Crippen molar-refractivity contribution in [2.45, 2.75) is 25.8 Å².